The van der Waals surface area contributed by atoms with E-state index in [0.29, 0.717) is 12.2 Å². The molecule has 0 radical (unpaired) electrons. The second kappa shape index (κ2) is 9.10. The molecule has 0 saturated heterocycles. The Bertz CT molecular complexity index is 1000. The number of fused-ring (bicyclic) bond motifs is 1. The van der Waals surface area contributed by atoms with E-state index in [1.807, 2.05) is 20.0 Å². The number of carbonyl (C=O) groups excluding carboxylic acids is 1. The van der Waals surface area contributed by atoms with Crippen molar-refractivity contribution in [2.24, 2.45) is 0 Å². The Kier molecular flexibility index (Phi) is 6.53. The molecule has 3 rings (SSSR count). The molecule has 0 aliphatic heterocycles. The van der Waals surface area contributed by atoms with Crippen molar-refractivity contribution >= 4 is 16.8 Å². The van der Waals surface area contributed by atoms with E-state index >= 15 is 0 Å². The molecule has 0 spiro atoms. The third kappa shape index (κ3) is 6.16. The van der Waals surface area contributed by atoms with Crippen molar-refractivity contribution < 1.29 is 22.7 Å². The van der Waals surface area contributed by atoms with Gasteiger partial charge in [-0.3, -0.25) is 14.5 Å². The Balaban J connectivity index is 1.66. The number of alkyl halides is 3. The minimum absolute atomic E-state index is 0.0485. The Morgan fingerprint density at radius 1 is 1.23 bits per heavy atom. The molecule has 0 unspecified atom stereocenters. The van der Waals surface area contributed by atoms with Crippen LogP contribution in [0.25, 0.3) is 10.9 Å². The zero-order valence-corrected chi connectivity index (χ0v) is 16.6. The lowest BCUT2D eigenvalue weighted by Crippen LogP contribution is -2.31. The van der Waals surface area contributed by atoms with E-state index in [-0.39, 0.29) is 24.2 Å². The van der Waals surface area contributed by atoms with Crippen LogP contribution in [0.2, 0.25) is 0 Å². The zero-order chi connectivity index (χ0) is 21.7. The number of nitrogens with one attached hydrogen (secondary N) is 1. The van der Waals surface area contributed by atoms with Crippen molar-refractivity contribution in [2.45, 2.75) is 45.5 Å². The van der Waals surface area contributed by atoms with E-state index in [0.717, 1.165) is 16.5 Å². The van der Waals surface area contributed by atoms with Gasteiger partial charge in [0.05, 0.1) is 37.2 Å². The molecule has 1 amide bonds. The average Bonchev–Trinajstić information content (AvgIpc) is 3.05. The predicted molar refractivity (Wildman–Crippen MR) is 104 cm³/mol. The average molecular weight is 421 g/mol. The van der Waals surface area contributed by atoms with E-state index in [1.54, 1.807) is 23.0 Å². The standard InChI is InChI=1S/C20H22F3N5O2/c1-13(2)26-18(29)9-17-15-12-28(27-16(15)5-7-24-17)11-14-3-4-19(25-10-14)30-8-6-20(21,22)23/h3-5,7,10,12-13H,6,8-9,11H2,1-2H3,(H,26,29). The first-order valence-corrected chi connectivity index (χ1v) is 9.44. The fraction of sp³-hybridized carbons (Fsp3) is 0.400. The van der Waals surface area contributed by atoms with Crippen LogP contribution in [-0.2, 0) is 17.8 Å². The maximum Gasteiger partial charge on any atom is 0.392 e. The lowest BCUT2D eigenvalue weighted by Gasteiger charge is -2.08. The molecule has 0 aliphatic rings. The largest absolute Gasteiger partial charge is 0.477 e. The van der Waals surface area contributed by atoms with Crippen molar-refractivity contribution in [3.05, 3.63) is 48.0 Å². The topological polar surface area (TPSA) is 81.9 Å². The van der Waals surface area contributed by atoms with Crippen LogP contribution in [0.5, 0.6) is 5.88 Å². The molecule has 30 heavy (non-hydrogen) atoms. The van der Waals surface area contributed by atoms with Gasteiger partial charge in [0.1, 0.15) is 0 Å². The number of rotatable bonds is 8. The number of ether oxygens (including phenoxy) is 1. The number of pyridine rings is 2. The van der Waals surface area contributed by atoms with E-state index in [9.17, 15) is 18.0 Å². The normalized spacial score (nSPS) is 11.8. The number of aromatic nitrogens is 4. The summed E-state index contributed by atoms with van der Waals surface area (Å²) in [6, 6.07) is 5.06. The first-order chi connectivity index (χ1) is 14.2. The molecule has 3 aromatic rings. The predicted octanol–water partition coefficient (Wildman–Crippen LogP) is 3.27. The van der Waals surface area contributed by atoms with Gasteiger partial charge in [-0.25, -0.2) is 4.98 Å². The van der Waals surface area contributed by atoms with Gasteiger partial charge in [-0.1, -0.05) is 6.07 Å². The summed E-state index contributed by atoms with van der Waals surface area (Å²) in [6.45, 7) is 3.72. The van der Waals surface area contributed by atoms with Gasteiger partial charge in [0, 0.05) is 36.1 Å². The number of hydrogen-bond donors (Lipinski definition) is 1. The molecule has 0 saturated carbocycles. The molecule has 160 valence electrons. The molecule has 0 atom stereocenters. The Morgan fingerprint density at radius 3 is 2.70 bits per heavy atom. The van der Waals surface area contributed by atoms with Crippen LogP contribution < -0.4 is 10.1 Å². The number of hydrogen-bond acceptors (Lipinski definition) is 5. The minimum atomic E-state index is -4.26. The molecule has 0 fully saturated rings. The molecule has 3 aromatic heterocycles. The van der Waals surface area contributed by atoms with Crippen LogP contribution in [0.3, 0.4) is 0 Å². The van der Waals surface area contributed by atoms with Crippen LogP contribution >= 0.6 is 0 Å². The molecule has 0 aliphatic carbocycles. The summed E-state index contributed by atoms with van der Waals surface area (Å²) < 4.78 is 43.2. The van der Waals surface area contributed by atoms with Crippen molar-refractivity contribution in [2.75, 3.05) is 6.61 Å². The summed E-state index contributed by atoms with van der Waals surface area (Å²) in [5.41, 5.74) is 2.17. The summed E-state index contributed by atoms with van der Waals surface area (Å²) in [4.78, 5) is 20.4. The fourth-order valence-corrected chi connectivity index (χ4v) is 2.84. The maximum absolute atomic E-state index is 12.2. The first-order valence-electron chi connectivity index (χ1n) is 9.44. The molecule has 1 N–H and O–H groups in total. The number of nitrogens with zero attached hydrogens (tertiary/aromatic N) is 4. The Morgan fingerprint density at radius 2 is 2.03 bits per heavy atom. The summed E-state index contributed by atoms with van der Waals surface area (Å²) in [5.74, 6) is 0.0272. The van der Waals surface area contributed by atoms with Gasteiger partial charge >= 0.3 is 6.18 Å². The van der Waals surface area contributed by atoms with Crippen molar-refractivity contribution in [1.82, 2.24) is 25.1 Å². The van der Waals surface area contributed by atoms with Gasteiger partial charge in [0.15, 0.2) is 0 Å². The lowest BCUT2D eigenvalue weighted by atomic mass is 10.2. The molecule has 3 heterocycles. The summed E-state index contributed by atoms with van der Waals surface area (Å²) in [6.07, 6.45) is -0.162. The van der Waals surface area contributed by atoms with Crippen LogP contribution in [-0.4, -0.2) is 44.5 Å². The van der Waals surface area contributed by atoms with E-state index < -0.39 is 19.2 Å². The summed E-state index contributed by atoms with van der Waals surface area (Å²) >= 11 is 0. The first kappa shape index (κ1) is 21.5. The van der Waals surface area contributed by atoms with E-state index in [4.69, 9.17) is 4.74 Å². The van der Waals surface area contributed by atoms with Crippen molar-refractivity contribution in [3.8, 4) is 5.88 Å². The maximum atomic E-state index is 12.2. The number of halogens is 3. The van der Waals surface area contributed by atoms with Gasteiger partial charge in [-0.15, -0.1) is 0 Å². The van der Waals surface area contributed by atoms with Gasteiger partial charge < -0.3 is 10.1 Å². The van der Waals surface area contributed by atoms with E-state index in [2.05, 4.69) is 20.4 Å². The molecular weight excluding hydrogens is 399 g/mol. The minimum Gasteiger partial charge on any atom is -0.477 e. The SMILES string of the molecule is CC(C)NC(=O)Cc1nccc2nn(Cc3ccc(OCCC(F)(F)F)nc3)cc12. The summed E-state index contributed by atoms with van der Waals surface area (Å²) in [7, 11) is 0. The number of carbonyl (C=O) groups is 1. The summed E-state index contributed by atoms with van der Waals surface area (Å²) in [5, 5.41) is 8.13. The quantitative estimate of drug-likeness (QED) is 0.604. The second-order valence-electron chi connectivity index (χ2n) is 7.13. The van der Waals surface area contributed by atoms with Gasteiger partial charge in [-0.2, -0.15) is 18.3 Å². The monoisotopic (exact) mass is 421 g/mol. The van der Waals surface area contributed by atoms with Gasteiger partial charge in [-0.05, 0) is 25.5 Å². The highest BCUT2D eigenvalue weighted by Crippen LogP contribution is 2.20. The van der Waals surface area contributed by atoms with E-state index in [1.165, 1.54) is 12.3 Å². The van der Waals surface area contributed by atoms with Crippen molar-refractivity contribution in [3.63, 3.8) is 0 Å². The third-order valence-corrected chi connectivity index (χ3v) is 4.12. The highest BCUT2D eigenvalue weighted by Gasteiger charge is 2.26. The number of amides is 1. The van der Waals surface area contributed by atoms with Gasteiger partial charge in [0.2, 0.25) is 11.8 Å². The Hall–Kier alpha value is -3.17. The zero-order valence-electron chi connectivity index (χ0n) is 16.6. The third-order valence-electron chi connectivity index (χ3n) is 4.12. The highest BCUT2D eigenvalue weighted by atomic mass is 19.4. The Labute approximate surface area is 171 Å². The van der Waals surface area contributed by atoms with Crippen LogP contribution in [0.4, 0.5) is 13.2 Å². The molecular formula is C20H22F3N5O2. The molecule has 0 bridgehead atoms. The van der Waals surface area contributed by atoms with Crippen LogP contribution in [0.1, 0.15) is 31.5 Å². The molecule has 0 aromatic carbocycles. The van der Waals surface area contributed by atoms with Crippen LogP contribution in [0, 0.1) is 0 Å². The highest BCUT2D eigenvalue weighted by molar-refractivity contribution is 5.86. The van der Waals surface area contributed by atoms with Gasteiger partial charge in [0.25, 0.3) is 0 Å². The fourth-order valence-electron chi connectivity index (χ4n) is 2.84. The molecule has 10 heteroatoms. The van der Waals surface area contributed by atoms with Crippen molar-refractivity contribution in [1.29, 1.82) is 0 Å². The lowest BCUT2D eigenvalue weighted by molar-refractivity contribution is -0.139. The van der Waals surface area contributed by atoms with Crippen LogP contribution in [0.15, 0.2) is 36.8 Å². The molecule has 7 nitrogen and oxygen atoms in total. The smallest absolute Gasteiger partial charge is 0.392 e. The second-order valence-corrected chi connectivity index (χ2v) is 7.13.